The number of rotatable bonds is 0. The predicted molar refractivity (Wildman–Crippen MR) is 61.7 cm³/mol. The number of fused-ring (bicyclic) bond motifs is 1. The van der Waals surface area contributed by atoms with Gasteiger partial charge in [-0.1, -0.05) is 29.3 Å². The number of hydrogen-bond acceptors (Lipinski definition) is 1. The maximum absolute atomic E-state index is 11.2. The normalized spacial score (nSPS) is 13.9. The maximum atomic E-state index is 11.2. The molecule has 0 unspecified atom stereocenters. The van der Waals surface area contributed by atoms with Gasteiger partial charge in [-0.25, -0.2) is 0 Å². The zero-order valence-corrected chi connectivity index (χ0v) is 9.64. The number of amides is 1. The molecule has 15 heavy (non-hydrogen) atoms. The van der Waals surface area contributed by atoms with Gasteiger partial charge in [0.25, 0.3) is 0 Å². The minimum absolute atomic E-state index is 0.00654. The fourth-order valence-corrected chi connectivity index (χ4v) is 1.94. The van der Waals surface area contributed by atoms with Crippen molar-refractivity contribution >= 4 is 35.2 Å². The zero-order chi connectivity index (χ0) is 11.0. The van der Waals surface area contributed by atoms with E-state index < -0.39 is 0 Å². The van der Waals surface area contributed by atoms with Crippen molar-refractivity contribution in [1.82, 2.24) is 4.90 Å². The maximum Gasteiger partial charge on any atom is 0.223 e. The van der Waals surface area contributed by atoms with Gasteiger partial charge in [-0.2, -0.15) is 0 Å². The molecular formula is C11H9Cl2NO. The fraction of sp³-hybridized carbons (Fsp3) is 0.182. The highest BCUT2D eigenvalue weighted by Crippen LogP contribution is 2.32. The lowest BCUT2D eigenvalue weighted by molar-refractivity contribution is -0.126. The van der Waals surface area contributed by atoms with E-state index in [1.165, 1.54) is 6.92 Å². The molecule has 0 spiro atoms. The Morgan fingerprint density at radius 3 is 2.80 bits per heavy atom. The monoisotopic (exact) mass is 241 g/mol. The fourth-order valence-electron chi connectivity index (χ4n) is 1.53. The minimum Gasteiger partial charge on any atom is -0.315 e. The van der Waals surface area contributed by atoms with E-state index in [2.05, 4.69) is 0 Å². The van der Waals surface area contributed by atoms with E-state index in [1.807, 2.05) is 12.1 Å². The molecule has 0 saturated heterocycles. The summed E-state index contributed by atoms with van der Waals surface area (Å²) >= 11 is 12.0. The summed E-state index contributed by atoms with van der Waals surface area (Å²) in [4.78, 5) is 12.8. The predicted octanol–water partition coefficient (Wildman–Crippen LogP) is 3.33. The van der Waals surface area contributed by atoms with E-state index in [0.717, 1.165) is 11.1 Å². The van der Waals surface area contributed by atoms with E-state index in [9.17, 15) is 4.79 Å². The number of carbonyl (C=O) groups is 1. The molecule has 0 fully saturated rings. The number of nitrogens with zero attached hydrogens (tertiary/aromatic N) is 1. The third kappa shape index (κ3) is 1.87. The number of benzene rings is 1. The molecule has 1 aliphatic rings. The largest absolute Gasteiger partial charge is 0.315 e. The van der Waals surface area contributed by atoms with Crippen molar-refractivity contribution in [3.8, 4) is 0 Å². The quantitative estimate of drug-likeness (QED) is 0.683. The molecule has 0 saturated carbocycles. The summed E-state index contributed by atoms with van der Waals surface area (Å²) in [5.41, 5.74) is 1.92. The summed E-state index contributed by atoms with van der Waals surface area (Å²) in [5.74, 6) is -0.00654. The molecule has 4 heteroatoms. The molecule has 78 valence electrons. The first-order valence-electron chi connectivity index (χ1n) is 4.52. The molecule has 1 heterocycles. The van der Waals surface area contributed by atoms with E-state index in [4.69, 9.17) is 23.2 Å². The smallest absolute Gasteiger partial charge is 0.223 e. The summed E-state index contributed by atoms with van der Waals surface area (Å²) in [7, 11) is 0. The van der Waals surface area contributed by atoms with Gasteiger partial charge in [0.05, 0.1) is 16.6 Å². The van der Waals surface area contributed by atoms with Crippen molar-refractivity contribution in [3.05, 3.63) is 39.5 Å². The Labute approximate surface area is 98.1 Å². The Hall–Kier alpha value is -0.990. The highest BCUT2D eigenvalue weighted by atomic mass is 35.5. The molecule has 1 aliphatic heterocycles. The third-order valence-corrected chi connectivity index (χ3v) is 3.24. The van der Waals surface area contributed by atoms with Crippen LogP contribution in [0.1, 0.15) is 18.1 Å². The van der Waals surface area contributed by atoms with Gasteiger partial charge < -0.3 is 4.90 Å². The Morgan fingerprint density at radius 2 is 2.13 bits per heavy atom. The van der Waals surface area contributed by atoms with Crippen LogP contribution in [0, 0.1) is 0 Å². The molecule has 2 nitrogen and oxygen atoms in total. The molecule has 0 aliphatic carbocycles. The molecule has 0 atom stereocenters. The average Bonchev–Trinajstić information content (AvgIpc) is 2.23. The summed E-state index contributed by atoms with van der Waals surface area (Å²) in [6.07, 6.45) is 3.62. The van der Waals surface area contributed by atoms with Crippen LogP contribution in [0.4, 0.5) is 0 Å². The van der Waals surface area contributed by atoms with Crippen molar-refractivity contribution in [2.24, 2.45) is 0 Å². The highest BCUT2D eigenvalue weighted by Gasteiger charge is 2.17. The van der Waals surface area contributed by atoms with Crippen molar-refractivity contribution in [1.29, 1.82) is 0 Å². The summed E-state index contributed by atoms with van der Waals surface area (Å²) < 4.78 is 0. The first-order valence-corrected chi connectivity index (χ1v) is 5.27. The standard InChI is InChI=1S/C11H9Cl2NO/c1-7(15)14-5-4-8-2-3-10(12)11(13)9(8)6-14/h2-5H,6H2,1H3. The first-order chi connectivity index (χ1) is 7.09. The number of halogens is 2. The van der Waals surface area contributed by atoms with Crippen LogP contribution < -0.4 is 0 Å². The van der Waals surface area contributed by atoms with Crippen LogP contribution in [0.15, 0.2) is 18.3 Å². The second-order valence-corrected chi connectivity index (χ2v) is 4.18. The van der Waals surface area contributed by atoms with E-state index in [0.29, 0.717) is 16.6 Å². The molecule has 0 radical (unpaired) electrons. The third-order valence-electron chi connectivity index (χ3n) is 2.40. The molecule has 1 amide bonds. The Kier molecular flexibility index (Phi) is 2.72. The van der Waals surface area contributed by atoms with Crippen LogP contribution in [-0.4, -0.2) is 10.8 Å². The van der Waals surface area contributed by atoms with Gasteiger partial charge in [0, 0.05) is 13.1 Å². The molecule has 0 N–H and O–H groups in total. The molecular weight excluding hydrogens is 233 g/mol. The van der Waals surface area contributed by atoms with Crippen molar-refractivity contribution in [2.45, 2.75) is 13.5 Å². The van der Waals surface area contributed by atoms with E-state index in [1.54, 1.807) is 17.2 Å². The topological polar surface area (TPSA) is 20.3 Å². The highest BCUT2D eigenvalue weighted by molar-refractivity contribution is 6.42. The first kappa shape index (κ1) is 10.5. The van der Waals surface area contributed by atoms with E-state index in [-0.39, 0.29) is 5.91 Å². The van der Waals surface area contributed by atoms with Crippen LogP contribution in [-0.2, 0) is 11.3 Å². The molecule has 0 bridgehead atoms. The van der Waals surface area contributed by atoms with Crippen molar-refractivity contribution in [2.75, 3.05) is 0 Å². The van der Waals surface area contributed by atoms with Crippen molar-refractivity contribution in [3.63, 3.8) is 0 Å². The molecule has 1 aromatic carbocycles. The van der Waals surface area contributed by atoms with Crippen LogP contribution in [0.25, 0.3) is 6.08 Å². The summed E-state index contributed by atoms with van der Waals surface area (Å²) in [6, 6.07) is 3.66. The Bertz CT molecular complexity index is 454. The lowest BCUT2D eigenvalue weighted by Crippen LogP contribution is -2.24. The second kappa shape index (κ2) is 3.87. The molecule has 2 rings (SSSR count). The number of hydrogen-bond donors (Lipinski definition) is 0. The minimum atomic E-state index is -0.00654. The molecule has 1 aromatic rings. The summed E-state index contributed by atoms with van der Waals surface area (Å²) in [6.45, 7) is 2.01. The average molecular weight is 242 g/mol. The number of carbonyl (C=O) groups excluding carboxylic acids is 1. The van der Waals surface area contributed by atoms with Gasteiger partial charge in [0.15, 0.2) is 0 Å². The SMILES string of the molecule is CC(=O)N1C=Cc2ccc(Cl)c(Cl)c2C1. The van der Waals surface area contributed by atoms with Gasteiger partial charge in [-0.15, -0.1) is 0 Å². The van der Waals surface area contributed by atoms with Gasteiger partial charge >= 0.3 is 0 Å². The van der Waals surface area contributed by atoms with Gasteiger partial charge in [-0.3, -0.25) is 4.79 Å². The van der Waals surface area contributed by atoms with Gasteiger partial charge in [0.2, 0.25) is 5.91 Å². The van der Waals surface area contributed by atoms with Crippen LogP contribution in [0.5, 0.6) is 0 Å². The second-order valence-electron chi connectivity index (χ2n) is 3.39. The van der Waals surface area contributed by atoms with Crippen molar-refractivity contribution < 1.29 is 4.79 Å². The Balaban J connectivity index is 2.47. The zero-order valence-electron chi connectivity index (χ0n) is 8.13. The van der Waals surface area contributed by atoms with Crippen LogP contribution >= 0.6 is 23.2 Å². The van der Waals surface area contributed by atoms with Crippen LogP contribution in [0.2, 0.25) is 10.0 Å². The Morgan fingerprint density at radius 1 is 1.40 bits per heavy atom. The lowest BCUT2D eigenvalue weighted by atomic mass is 10.0. The van der Waals surface area contributed by atoms with E-state index >= 15 is 0 Å². The van der Waals surface area contributed by atoms with Gasteiger partial charge in [0.1, 0.15) is 0 Å². The van der Waals surface area contributed by atoms with Crippen LogP contribution in [0.3, 0.4) is 0 Å². The molecule has 0 aromatic heterocycles. The lowest BCUT2D eigenvalue weighted by Gasteiger charge is -2.23. The van der Waals surface area contributed by atoms with Gasteiger partial charge in [-0.05, 0) is 23.3 Å². The summed E-state index contributed by atoms with van der Waals surface area (Å²) in [5, 5.41) is 1.05.